The Morgan fingerprint density at radius 2 is 1.90 bits per heavy atom. The van der Waals surface area contributed by atoms with Gasteiger partial charge in [0.15, 0.2) is 11.5 Å². The zero-order valence-electron chi connectivity index (χ0n) is 17.6. The Hall–Kier alpha value is -3.25. The van der Waals surface area contributed by atoms with Gasteiger partial charge in [-0.25, -0.2) is 0 Å². The molecular weight excluding hydrogens is 378 g/mol. The Balaban J connectivity index is 1.67. The van der Waals surface area contributed by atoms with E-state index in [-0.39, 0.29) is 5.91 Å². The highest BCUT2D eigenvalue weighted by molar-refractivity contribution is 6.03. The molecule has 1 aliphatic rings. The fraction of sp³-hybridized carbons (Fsp3) is 0.292. The number of likely N-dealkylation sites (N-methyl/N-ethyl adjacent to an activating group) is 1. The van der Waals surface area contributed by atoms with Crippen molar-refractivity contribution in [2.75, 3.05) is 57.2 Å². The van der Waals surface area contributed by atoms with Gasteiger partial charge in [0.2, 0.25) is 5.91 Å². The van der Waals surface area contributed by atoms with Crippen molar-refractivity contribution in [3.63, 3.8) is 0 Å². The lowest BCUT2D eigenvalue weighted by Crippen LogP contribution is -2.44. The van der Waals surface area contributed by atoms with E-state index in [0.29, 0.717) is 18.1 Å². The molecule has 1 N–H and O–H groups in total. The number of methoxy groups -OCH3 is 1. The average molecular weight is 408 g/mol. The molecule has 0 atom stereocenters. The van der Waals surface area contributed by atoms with Crippen molar-refractivity contribution in [3.05, 3.63) is 66.8 Å². The maximum absolute atomic E-state index is 12.5. The van der Waals surface area contributed by atoms with E-state index in [9.17, 15) is 4.79 Å². The maximum atomic E-state index is 12.5. The van der Waals surface area contributed by atoms with Crippen molar-refractivity contribution in [1.29, 1.82) is 0 Å². The lowest BCUT2D eigenvalue weighted by atomic mass is 10.2. The van der Waals surface area contributed by atoms with Crippen LogP contribution in [0.3, 0.4) is 0 Å². The van der Waals surface area contributed by atoms with Crippen LogP contribution in [0.2, 0.25) is 0 Å². The molecule has 1 aliphatic heterocycles. The summed E-state index contributed by atoms with van der Waals surface area (Å²) in [5, 5.41) is 3.01. The van der Waals surface area contributed by atoms with E-state index in [2.05, 4.69) is 34.8 Å². The second kappa shape index (κ2) is 10.5. The van der Waals surface area contributed by atoms with Crippen LogP contribution < -0.4 is 19.7 Å². The molecule has 3 rings (SSSR count). The van der Waals surface area contributed by atoms with Crippen LogP contribution in [0.5, 0.6) is 11.5 Å². The van der Waals surface area contributed by atoms with Gasteiger partial charge in [0, 0.05) is 32.3 Å². The zero-order valence-corrected chi connectivity index (χ0v) is 17.6. The fourth-order valence-electron chi connectivity index (χ4n) is 3.30. The van der Waals surface area contributed by atoms with Crippen molar-refractivity contribution >= 4 is 23.4 Å². The number of nitrogens with zero attached hydrogens (tertiary/aromatic N) is 2. The van der Waals surface area contributed by atoms with Gasteiger partial charge in [-0.1, -0.05) is 30.9 Å². The molecule has 0 aromatic heterocycles. The summed E-state index contributed by atoms with van der Waals surface area (Å²) >= 11 is 0. The average Bonchev–Trinajstić information content (AvgIpc) is 2.77. The molecule has 0 saturated carbocycles. The molecule has 6 heteroatoms. The minimum Gasteiger partial charge on any atom is -0.493 e. The van der Waals surface area contributed by atoms with Crippen LogP contribution in [0.1, 0.15) is 5.56 Å². The first-order valence-corrected chi connectivity index (χ1v) is 10.0. The van der Waals surface area contributed by atoms with E-state index in [4.69, 9.17) is 9.47 Å². The third kappa shape index (κ3) is 5.64. The zero-order chi connectivity index (χ0) is 21.3. The molecule has 30 heavy (non-hydrogen) atoms. The van der Waals surface area contributed by atoms with Gasteiger partial charge in [-0.15, -0.1) is 0 Å². The van der Waals surface area contributed by atoms with Gasteiger partial charge in [-0.2, -0.15) is 0 Å². The number of nitrogens with one attached hydrogen (secondary N) is 1. The van der Waals surface area contributed by atoms with E-state index in [1.165, 1.54) is 6.08 Å². The molecule has 6 nitrogen and oxygen atoms in total. The molecule has 0 bridgehead atoms. The first-order chi connectivity index (χ1) is 14.6. The van der Waals surface area contributed by atoms with Crippen LogP contribution in [-0.4, -0.2) is 57.8 Å². The number of rotatable bonds is 8. The lowest BCUT2D eigenvalue weighted by Gasteiger charge is -2.35. The molecule has 0 unspecified atom stereocenters. The highest BCUT2D eigenvalue weighted by atomic mass is 16.5. The Morgan fingerprint density at radius 1 is 1.13 bits per heavy atom. The van der Waals surface area contributed by atoms with Gasteiger partial charge in [0.25, 0.3) is 0 Å². The number of hydrogen-bond donors (Lipinski definition) is 1. The first-order valence-electron chi connectivity index (χ1n) is 10.0. The molecule has 1 heterocycles. The summed E-state index contributed by atoms with van der Waals surface area (Å²) in [6, 6.07) is 13.5. The number of hydrogen-bond acceptors (Lipinski definition) is 5. The molecule has 0 aliphatic carbocycles. The monoisotopic (exact) mass is 407 g/mol. The molecule has 1 amide bonds. The normalized spacial score (nSPS) is 14.5. The number of piperazine rings is 1. The summed E-state index contributed by atoms with van der Waals surface area (Å²) in [5.74, 6) is 1.07. The Morgan fingerprint density at radius 3 is 2.63 bits per heavy atom. The fourth-order valence-corrected chi connectivity index (χ4v) is 3.30. The summed E-state index contributed by atoms with van der Waals surface area (Å²) in [4.78, 5) is 17.2. The van der Waals surface area contributed by atoms with Gasteiger partial charge < -0.3 is 24.6 Å². The Kier molecular flexibility index (Phi) is 7.51. The van der Waals surface area contributed by atoms with E-state index in [1.807, 2.05) is 36.4 Å². The molecule has 1 fully saturated rings. The molecule has 2 aromatic carbocycles. The first kappa shape index (κ1) is 21.5. The number of carbonyl (C=O) groups is 1. The predicted octanol–water partition coefficient (Wildman–Crippen LogP) is 3.66. The molecule has 1 saturated heterocycles. The summed E-state index contributed by atoms with van der Waals surface area (Å²) in [6.07, 6.45) is 4.96. The molecular formula is C24H29N3O3. The van der Waals surface area contributed by atoms with E-state index >= 15 is 0 Å². The molecule has 0 spiro atoms. The standard InChI is InChI=1S/C24H29N3O3/c1-4-17-30-22-11-9-19(18-23(22)29-3)10-12-24(28)25-20-7-5-6-8-21(20)27-15-13-26(2)14-16-27/h4-12,18H,1,13-17H2,2-3H3,(H,25,28)/b12-10+. The van der Waals surface area contributed by atoms with E-state index in [0.717, 1.165) is 43.1 Å². The number of para-hydroxylation sites is 2. The maximum Gasteiger partial charge on any atom is 0.248 e. The molecule has 2 aromatic rings. The largest absolute Gasteiger partial charge is 0.493 e. The lowest BCUT2D eigenvalue weighted by molar-refractivity contribution is -0.111. The summed E-state index contributed by atoms with van der Waals surface area (Å²) in [7, 11) is 3.72. The van der Waals surface area contributed by atoms with Crippen LogP contribution >= 0.6 is 0 Å². The summed E-state index contributed by atoms with van der Waals surface area (Å²) < 4.78 is 10.9. The number of carbonyl (C=O) groups excluding carboxylic acids is 1. The van der Waals surface area contributed by atoms with Crippen molar-refractivity contribution in [1.82, 2.24) is 4.90 Å². The second-order valence-electron chi connectivity index (χ2n) is 7.14. The molecule has 0 radical (unpaired) electrons. The molecule has 158 valence electrons. The summed E-state index contributed by atoms with van der Waals surface area (Å²) in [5.41, 5.74) is 2.72. The van der Waals surface area contributed by atoms with Crippen LogP contribution in [0, 0.1) is 0 Å². The van der Waals surface area contributed by atoms with E-state index in [1.54, 1.807) is 19.3 Å². The highest BCUT2D eigenvalue weighted by Gasteiger charge is 2.17. The topological polar surface area (TPSA) is 54.0 Å². The van der Waals surface area contributed by atoms with Crippen LogP contribution in [0.4, 0.5) is 11.4 Å². The van der Waals surface area contributed by atoms with E-state index < -0.39 is 0 Å². The minimum absolute atomic E-state index is 0.178. The van der Waals surface area contributed by atoms with Crippen molar-refractivity contribution < 1.29 is 14.3 Å². The SMILES string of the molecule is C=CCOc1ccc(/C=C/C(=O)Nc2ccccc2N2CCN(C)CC2)cc1OC. The van der Waals surface area contributed by atoms with Crippen LogP contribution in [-0.2, 0) is 4.79 Å². The second-order valence-corrected chi connectivity index (χ2v) is 7.14. The Bertz CT molecular complexity index is 902. The number of ether oxygens (including phenoxy) is 2. The number of benzene rings is 2. The van der Waals surface area contributed by atoms with Gasteiger partial charge in [0.1, 0.15) is 6.61 Å². The predicted molar refractivity (Wildman–Crippen MR) is 123 cm³/mol. The van der Waals surface area contributed by atoms with Crippen LogP contribution in [0.15, 0.2) is 61.2 Å². The van der Waals surface area contributed by atoms with Gasteiger partial charge in [-0.05, 0) is 43.0 Å². The number of anilines is 2. The smallest absolute Gasteiger partial charge is 0.248 e. The van der Waals surface area contributed by atoms with Crippen molar-refractivity contribution in [3.8, 4) is 11.5 Å². The van der Waals surface area contributed by atoms with Gasteiger partial charge >= 0.3 is 0 Å². The Labute approximate surface area is 178 Å². The minimum atomic E-state index is -0.178. The quantitative estimate of drug-likeness (QED) is 0.535. The van der Waals surface area contributed by atoms with Crippen molar-refractivity contribution in [2.45, 2.75) is 0 Å². The highest BCUT2D eigenvalue weighted by Crippen LogP contribution is 2.29. The third-order valence-electron chi connectivity index (χ3n) is 4.98. The summed E-state index contributed by atoms with van der Waals surface area (Å²) in [6.45, 7) is 7.96. The van der Waals surface area contributed by atoms with Gasteiger partial charge in [-0.3, -0.25) is 4.79 Å². The number of amides is 1. The van der Waals surface area contributed by atoms with Crippen molar-refractivity contribution in [2.24, 2.45) is 0 Å². The third-order valence-corrected chi connectivity index (χ3v) is 4.98. The van der Waals surface area contributed by atoms with Gasteiger partial charge in [0.05, 0.1) is 18.5 Å². The van der Waals surface area contributed by atoms with Crippen LogP contribution in [0.25, 0.3) is 6.08 Å².